The molecule has 5 rings (SSSR count). The van der Waals surface area contributed by atoms with Gasteiger partial charge in [0.25, 0.3) is 0 Å². The molecular formula is C30H34N2O4. The zero-order valence-corrected chi connectivity index (χ0v) is 21.2. The van der Waals surface area contributed by atoms with E-state index < -0.39 is 0 Å². The number of amides is 2. The summed E-state index contributed by atoms with van der Waals surface area (Å²) in [6.07, 6.45) is 4.07. The van der Waals surface area contributed by atoms with Crippen LogP contribution < -0.4 is 10.2 Å². The molecule has 6 nitrogen and oxygen atoms in total. The van der Waals surface area contributed by atoms with Crippen LogP contribution in [0.1, 0.15) is 49.3 Å². The Bertz CT molecular complexity index is 1170. The number of ether oxygens (including phenoxy) is 1. The van der Waals surface area contributed by atoms with Gasteiger partial charge in [0.15, 0.2) is 0 Å². The number of anilines is 1. The SMILES string of the molecule is CC(=O)N1Cc2ccccc2C#Cc2ccccc21.CNC(=O)OCC1[C@H]2CCC#CCC[C@@H]12.CO. The summed E-state index contributed by atoms with van der Waals surface area (Å²) in [5.74, 6) is 14.8. The highest BCUT2D eigenvalue weighted by Crippen LogP contribution is 2.52. The molecule has 2 amide bonds. The molecule has 0 saturated heterocycles. The van der Waals surface area contributed by atoms with Crippen LogP contribution >= 0.6 is 0 Å². The third-order valence-corrected chi connectivity index (χ3v) is 6.70. The number of benzene rings is 2. The number of hydrogen-bond acceptors (Lipinski definition) is 4. The maximum Gasteiger partial charge on any atom is 0.406 e. The number of para-hydroxylation sites is 1. The number of aliphatic hydroxyl groups is 1. The fourth-order valence-electron chi connectivity index (χ4n) is 4.79. The van der Waals surface area contributed by atoms with Crippen LogP contribution in [0.5, 0.6) is 0 Å². The van der Waals surface area contributed by atoms with Crippen LogP contribution in [0, 0.1) is 41.4 Å². The van der Waals surface area contributed by atoms with E-state index in [9.17, 15) is 9.59 Å². The van der Waals surface area contributed by atoms with E-state index in [1.165, 1.54) is 12.8 Å². The van der Waals surface area contributed by atoms with Gasteiger partial charge in [-0.2, -0.15) is 0 Å². The standard InChI is InChI=1S/C17H13NO.C12H17NO2.CH4O/c1-13(19)18-12-16-8-3-2-6-14(16)10-11-15-7-4-5-9-17(15)18;1-13-12(14)15-8-11-9-6-4-2-3-5-7-10(9)11;1-2/h2-9H,12H2,1H3;9-11H,4-8H2,1H3,(H,13,14);2H,1H3/t;9-,10+,11?;. The lowest BCUT2D eigenvalue weighted by atomic mass is 10.0. The third kappa shape index (κ3) is 6.90. The highest BCUT2D eigenvalue weighted by molar-refractivity contribution is 5.93. The summed E-state index contributed by atoms with van der Waals surface area (Å²) in [7, 11) is 2.59. The van der Waals surface area contributed by atoms with Gasteiger partial charge in [0.1, 0.15) is 0 Å². The Morgan fingerprint density at radius 3 is 2.19 bits per heavy atom. The summed E-state index contributed by atoms with van der Waals surface area (Å²) >= 11 is 0. The number of nitrogens with zero attached hydrogens (tertiary/aromatic N) is 1. The summed E-state index contributed by atoms with van der Waals surface area (Å²) < 4.78 is 5.10. The number of aliphatic hydroxyl groups excluding tert-OH is 1. The van der Waals surface area contributed by atoms with E-state index in [4.69, 9.17) is 9.84 Å². The monoisotopic (exact) mass is 486 g/mol. The second-order valence-corrected chi connectivity index (χ2v) is 8.80. The average Bonchev–Trinajstić information content (AvgIpc) is 3.54. The lowest BCUT2D eigenvalue weighted by Crippen LogP contribution is -2.29. The van der Waals surface area contributed by atoms with Gasteiger partial charge in [0.2, 0.25) is 5.91 Å². The molecule has 36 heavy (non-hydrogen) atoms. The van der Waals surface area contributed by atoms with Crippen molar-refractivity contribution in [2.45, 2.75) is 39.2 Å². The fraction of sp³-hybridized carbons (Fsp3) is 0.400. The molecule has 6 heteroatoms. The predicted molar refractivity (Wildman–Crippen MR) is 141 cm³/mol. The Balaban J connectivity index is 0.000000193. The van der Waals surface area contributed by atoms with Gasteiger partial charge in [-0.15, -0.1) is 11.8 Å². The third-order valence-electron chi connectivity index (χ3n) is 6.70. The Hall–Kier alpha value is -3.74. The summed E-state index contributed by atoms with van der Waals surface area (Å²) in [5.41, 5.74) is 3.85. The zero-order chi connectivity index (χ0) is 25.9. The number of rotatable bonds is 2. The zero-order valence-electron chi connectivity index (χ0n) is 21.2. The van der Waals surface area contributed by atoms with E-state index in [-0.39, 0.29) is 12.0 Å². The van der Waals surface area contributed by atoms with E-state index in [1.807, 2.05) is 48.5 Å². The second-order valence-electron chi connectivity index (χ2n) is 8.80. The van der Waals surface area contributed by atoms with Crippen LogP contribution in [0.3, 0.4) is 0 Å². The van der Waals surface area contributed by atoms with Crippen LogP contribution in [-0.4, -0.2) is 37.9 Å². The number of carbonyl (C=O) groups is 2. The Kier molecular flexibility index (Phi) is 9.98. The summed E-state index contributed by atoms with van der Waals surface area (Å²) in [6.45, 7) is 2.74. The molecule has 188 valence electrons. The van der Waals surface area contributed by atoms with Gasteiger partial charge in [0.05, 0.1) is 18.8 Å². The van der Waals surface area contributed by atoms with Crippen LogP contribution in [0.15, 0.2) is 48.5 Å². The first-order chi connectivity index (χ1) is 17.6. The molecule has 1 aliphatic heterocycles. The van der Waals surface area contributed by atoms with Crippen molar-refractivity contribution in [3.63, 3.8) is 0 Å². The summed E-state index contributed by atoms with van der Waals surface area (Å²) in [6, 6.07) is 15.7. The number of nitrogens with one attached hydrogen (secondary N) is 1. The van der Waals surface area contributed by atoms with Crippen LogP contribution in [-0.2, 0) is 16.1 Å². The smallest absolute Gasteiger partial charge is 0.406 e. The lowest BCUT2D eigenvalue weighted by molar-refractivity contribution is -0.116. The van der Waals surface area contributed by atoms with Crippen molar-refractivity contribution in [3.8, 4) is 23.7 Å². The van der Waals surface area contributed by atoms with Crippen molar-refractivity contribution in [1.29, 1.82) is 0 Å². The first kappa shape index (κ1) is 26.9. The molecule has 0 bridgehead atoms. The molecule has 1 saturated carbocycles. The van der Waals surface area contributed by atoms with Crippen LogP contribution in [0.2, 0.25) is 0 Å². The molecule has 3 atom stereocenters. The molecule has 2 aliphatic carbocycles. The number of fused-ring (bicyclic) bond motifs is 3. The van der Waals surface area contributed by atoms with E-state index in [0.717, 1.165) is 54.2 Å². The van der Waals surface area contributed by atoms with Gasteiger partial charge in [0, 0.05) is 45.0 Å². The Labute approximate surface area is 214 Å². The molecule has 0 spiro atoms. The van der Waals surface area contributed by atoms with E-state index in [2.05, 4.69) is 29.0 Å². The summed E-state index contributed by atoms with van der Waals surface area (Å²) in [5, 5.41) is 9.47. The molecule has 2 N–H and O–H groups in total. The quantitative estimate of drug-likeness (QED) is 0.619. The molecule has 1 heterocycles. The molecule has 3 aliphatic rings. The first-order valence-corrected chi connectivity index (χ1v) is 12.3. The molecule has 0 aromatic heterocycles. The van der Waals surface area contributed by atoms with Crippen molar-refractivity contribution < 1.29 is 19.4 Å². The fourth-order valence-corrected chi connectivity index (χ4v) is 4.79. The van der Waals surface area contributed by atoms with Gasteiger partial charge in [-0.25, -0.2) is 4.79 Å². The normalized spacial score (nSPS) is 20.2. The largest absolute Gasteiger partial charge is 0.449 e. The topological polar surface area (TPSA) is 78.9 Å². The van der Waals surface area contributed by atoms with E-state index in [1.54, 1.807) is 18.9 Å². The van der Waals surface area contributed by atoms with Gasteiger partial charge in [-0.3, -0.25) is 4.79 Å². The summed E-state index contributed by atoms with van der Waals surface area (Å²) in [4.78, 5) is 24.6. The molecule has 0 radical (unpaired) electrons. The minimum atomic E-state index is -0.314. The minimum absolute atomic E-state index is 0.0333. The van der Waals surface area contributed by atoms with E-state index in [0.29, 0.717) is 19.1 Å². The van der Waals surface area contributed by atoms with Crippen LogP contribution in [0.4, 0.5) is 10.5 Å². The highest BCUT2D eigenvalue weighted by atomic mass is 16.5. The van der Waals surface area contributed by atoms with E-state index >= 15 is 0 Å². The number of alkyl carbamates (subject to hydrolysis) is 1. The Morgan fingerprint density at radius 1 is 0.972 bits per heavy atom. The second kappa shape index (κ2) is 13.4. The molecule has 2 aromatic carbocycles. The van der Waals surface area contributed by atoms with Gasteiger partial charge in [-0.1, -0.05) is 42.2 Å². The van der Waals surface area contributed by atoms with Gasteiger partial charge < -0.3 is 20.1 Å². The van der Waals surface area contributed by atoms with Crippen molar-refractivity contribution in [3.05, 3.63) is 65.2 Å². The van der Waals surface area contributed by atoms with Crippen molar-refractivity contribution in [2.24, 2.45) is 17.8 Å². The minimum Gasteiger partial charge on any atom is -0.449 e. The predicted octanol–water partition coefficient (Wildman–Crippen LogP) is 4.34. The average molecular weight is 487 g/mol. The van der Waals surface area contributed by atoms with Gasteiger partial charge in [-0.05, 0) is 54.4 Å². The molecular weight excluding hydrogens is 452 g/mol. The van der Waals surface area contributed by atoms with Gasteiger partial charge >= 0.3 is 6.09 Å². The molecule has 1 fully saturated rings. The maximum atomic E-state index is 11.9. The van der Waals surface area contributed by atoms with Crippen molar-refractivity contribution in [1.82, 2.24) is 5.32 Å². The number of carbonyl (C=O) groups excluding carboxylic acids is 2. The highest BCUT2D eigenvalue weighted by Gasteiger charge is 2.49. The Morgan fingerprint density at radius 2 is 1.56 bits per heavy atom. The maximum absolute atomic E-state index is 11.9. The number of hydrogen-bond donors (Lipinski definition) is 2. The van der Waals surface area contributed by atoms with Crippen LogP contribution in [0.25, 0.3) is 0 Å². The molecule has 1 unspecified atom stereocenters. The van der Waals surface area contributed by atoms with Crippen molar-refractivity contribution in [2.75, 3.05) is 25.7 Å². The lowest BCUT2D eigenvalue weighted by Gasteiger charge is -2.24. The van der Waals surface area contributed by atoms with Crippen molar-refractivity contribution >= 4 is 17.7 Å². The first-order valence-electron chi connectivity index (χ1n) is 12.3. The molecule has 2 aromatic rings.